The molecule has 1 unspecified atom stereocenters. The molecular formula is C3H14N4O. The fourth-order valence-electron chi connectivity index (χ4n) is 0.171. The van der Waals surface area contributed by atoms with Gasteiger partial charge in [0, 0.05) is 6.54 Å². The van der Waals surface area contributed by atoms with Gasteiger partial charge in [-0.25, -0.2) is 0 Å². The summed E-state index contributed by atoms with van der Waals surface area (Å²) in [7, 11) is 0. The van der Waals surface area contributed by atoms with Gasteiger partial charge in [-0.2, -0.15) is 0 Å². The van der Waals surface area contributed by atoms with Gasteiger partial charge in [-0.05, 0) is 6.92 Å². The average Bonchev–Trinajstić information content (AvgIpc) is 1.72. The van der Waals surface area contributed by atoms with Crippen LogP contribution in [0.4, 0.5) is 0 Å². The number of hydrogen-bond donors (Lipinski definition) is 5. The first-order valence-electron chi connectivity index (χ1n) is 2.22. The van der Waals surface area contributed by atoms with E-state index in [4.69, 9.17) is 10.9 Å². The lowest BCUT2D eigenvalue weighted by Crippen LogP contribution is -2.29. The maximum atomic E-state index is 8.41. The van der Waals surface area contributed by atoms with Crippen molar-refractivity contribution in [1.29, 1.82) is 0 Å². The van der Waals surface area contributed by atoms with Crippen molar-refractivity contribution in [2.75, 3.05) is 6.54 Å². The quantitative estimate of drug-likeness (QED) is 0.208. The molecular weight excluding hydrogens is 108 g/mol. The molecule has 0 radical (unpaired) electrons. The summed E-state index contributed by atoms with van der Waals surface area (Å²) in [6.07, 6.45) is -0.338. The van der Waals surface area contributed by atoms with Gasteiger partial charge >= 0.3 is 0 Å². The standard InChI is InChI=1S/C3H10N2O.H4N2/c1-3(6)2-5-4;1-2/h3,5-6H,2,4H2,1H3;1-2H2. The number of nitrogens with one attached hydrogen (secondary N) is 1. The second-order valence-electron chi connectivity index (χ2n) is 1.26. The summed E-state index contributed by atoms with van der Waals surface area (Å²) in [5.41, 5.74) is 2.32. The van der Waals surface area contributed by atoms with E-state index in [1.807, 2.05) is 0 Å². The second kappa shape index (κ2) is 9.93. The zero-order valence-electron chi connectivity index (χ0n) is 4.96. The monoisotopic (exact) mass is 122 g/mol. The molecule has 8 N–H and O–H groups in total. The van der Waals surface area contributed by atoms with Crippen molar-refractivity contribution in [3.8, 4) is 0 Å². The molecule has 0 rings (SSSR count). The van der Waals surface area contributed by atoms with Crippen LogP contribution in [0.3, 0.4) is 0 Å². The van der Waals surface area contributed by atoms with Gasteiger partial charge in [-0.1, -0.05) is 0 Å². The van der Waals surface area contributed by atoms with E-state index in [1.165, 1.54) is 0 Å². The van der Waals surface area contributed by atoms with Crippen molar-refractivity contribution < 1.29 is 5.11 Å². The first-order valence-corrected chi connectivity index (χ1v) is 2.22. The van der Waals surface area contributed by atoms with Crippen molar-refractivity contribution in [2.45, 2.75) is 13.0 Å². The molecule has 0 saturated carbocycles. The lowest BCUT2D eigenvalue weighted by Gasteiger charge is -1.97. The molecule has 5 nitrogen and oxygen atoms in total. The van der Waals surface area contributed by atoms with Crippen molar-refractivity contribution in [3.05, 3.63) is 0 Å². The van der Waals surface area contributed by atoms with Gasteiger partial charge in [0.2, 0.25) is 0 Å². The highest BCUT2D eigenvalue weighted by Gasteiger charge is 1.86. The number of nitrogens with two attached hydrogens (primary N) is 3. The highest BCUT2D eigenvalue weighted by atomic mass is 16.3. The highest BCUT2D eigenvalue weighted by Crippen LogP contribution is 1.68. The third kappa shape index (κ3) is 17.0. The van der Waals surface area contributed by atoms with E-state index >= 15 is 0 Å². The number of rotatable bonds is 2. The summed E-state index contributed by atoms with van der Waals surface area (Å²) in [6.45, 7) is 2.12. The molecule has 0 aliphatic rings. The molecule has 0 spiro atoms. The number of aliphatic hydroxyl groups is 1. The second-order valence-corrected chi connectivity index (χ2v) is 1.26. The normalized spacial score (nSPS) is 11.6. The van der Waals surface area contributed by atoms with E-state index in [9.17, 15) is 0 Å². The fraction of sp³-hybridized carbons (Fsp3) is 1.00. The third-order valence-electron chi connectivity index (χ3n) is 0.413. The zero-order valence-corrected chi connectivity index (χ0v) is 4.96. The van der Waals surface area contributed by atoms with Gasteiger partial charge in [0.05, 0.1) is 6.10 Å². The van der Waals surface area contributed by atoms with Gasteiger partial charge in [0.15, 0.2) is 0 Å². The predicted octanol–water partition coefficient (Wildman–Crippen LogP) is -2.35. The first kappa shape index (κ1) is 10.7. The smallest absolute Gasteiger partial charge is 0.0650 e. The summed E-state index contributed by atoms with van der Waals surface area (Å²) in [4.78, 5) is 0. The molecule has 1 atom stereocenters. The Bertz CT molecular complexity index is 32.5. The van der Waals surface area contributed by atoms with Crippen molar-refractivity contribution in [2.24, 2.45) is 17.5 Å². The molecule has 8 heavy (non-hydrogen) atoms. The summed E-state index contributed by atoms with van der Waals surface area (Å²) < 4.78 is 0. The van der Waals surface area contributed by atoms with Crippen LogP contribution in [0, 0.1) is 0 Å². The Morgan fingerprint density at radius 2 is 2.00 bits per heavy atom. The zero-order chi connectivity index (χ0) is 6.99. The molecule has 0 fully saturated rings. The maximum Gasteiger partial charge on any atom is 0.0650 e. The molecule has 0 amide bonds. The van der Waals surface area contributed by atoms with Crippen LogP contribution in [0.2, 0.25) is 0 Å². The number of hydrazine groups is 2. The minimum absolute atomic E-state index is 0.338. The topological polar surface area (TPSA) is 110 Å². The van der Waals surface area contributed by atoms with Gasteiger partial charge in [0.25, 0.3) is 0 Å². The molecule has 0 aliphatic heterocycles. The van der Waals surface area contributed by atoms with Crippen molar-refractivity contribution >= 4 is 0 Å². The van der Waals surface area contributed by atoms with Crippen LogP contribution in [-0.4, -0.2) is 17.8 Å². The maximum absolute atomic E-state index is 8.41. The summed E-state index contributed by atoms with van der Waals surface area (Å²) in [5, 5.41) is 8.41. The molecule has 0 bridgehead atoms. The highest BCUT2D eigenvalue weighted by molar-refractivity contribution is 4.43. The SMILES string of the molecule is CC(O)CNN.NN. The van der Waals surface area contributed by atoms with Crippen molar-refractivity contribution in [3.63, 3.8) is 0 Å². The minimum Gasteiger partial charge on any atom is -0.392 e. The van der Waals surface area contributed by atoms with E-state index in [-0.39, 0.29) is 6.10 Å². The largest absolute Gasteiger partial charge is 0.392 e. The summed E-state index contributed by atoms with van der Waals surface area (Å²) in [5.74, 6) is 12.8. The lowest BCUT2D eigenvalue weighted by molar-refractivity contribution is 0.192. The molecule has 0 aromatic carbocycles. The van der Waals surface area contributed by atoms with Crippen LogP contribution in [0.1, 0.15) is 6.92 Å². The Labute approximate surface area is 48.8 Å². The van der Waals surface area contributed by atoms with Crippen LogP contribution in [-0.2, 0) is 0 Å². The molecule has 5 heteroatoms. The molecule has 0 saturated heterocycles. The van der Waals surface area contributed by atoms with Crippen LogP contribution in [0.5, 0.6) is 0 Å². The Morgan fingerprint density at radius 3 is 2.00 bits per heavy atom. The van der Waals surface area contributed by atoms with Crippen molar-refractivity contribution in [1.82, 2.24) is 5.43 Å². The molecule has 0 heterocycles. The van der Waals surface area contributed by atoms with Crippen LogP contribution in [0.15, 0.2) is 0 Å². The van der Waals surface area contributed by atoms with Crippen LogP contribution in [0.25, 0.3) is 0 Å². The van der Waals surface area contributed by atoms with Crippen LogP contribution >= 0.6 is 0 Å². The Hall–Kier alpha value is -0.200. The number of aliphatic hydroxyl groups excluding tert-OH is 1. The van der Waals surface area contributed by atoms with E-state index in [2.05, 4.69) is 17.1 Å². The van der Waals surface area contributed by atoms with Gasteiger partial charge in [-0.15, -0.1) is 0 Å². The molecule has 0 aliphatic carbocycles. The van der Waals surface area contributed by atoms with E-state index < -0.39 is 0 Å². The van der Waals surface area contributed by atoms with Crippen LogP contribution < -0.4 is 23.0 Å². The lowest BCUT2D eigenvalue weighted by atomic mass is 10.4. The van der Waals surface area contributed by atoms with E-state index in [1.54, 1.807) is 6.92 Å². The summed E-state index contributed by atoms with van der Waals surface area (Å²) >= 11 is 0. The predicted molar refractivity (Wildman–Crippen MR) is 32.2 cm³/mol. The Balaban J connectivity index is 0. The fourth-order valence-corrected chi connectivity index (χ4v) is 0.171. The van der Waals surface area contributed by atoms with E-state index in [0.29, 0.717) is 6.54 Å². The first-order chi connectivity index (χ1) is 3.77. The minimum atomic E-state index is -0.338. The van der Waals surface area contributed by atoms with Gasteiger partial charge < -0.3 is 5.11 Å². The Morgan fingerprint density at radius 1 is 1.62 bits per heavy atom. The summed E-state index contributed by atoms with van der Waals surface area (Å²) in [6, 6.07) is 0. The molecule has 0 aromatic heterocycles. The number of hydrogen-bond acceptors (Lipinski definition) is 5. The third-order valence-corrected chi connectivity index (χ3v) is 0.413. The average molecular weight is 122 g/mol. The van der Waals surface area contributed by atoms with Gasteiger partial charge in [-0.3, -0.25) is 23.0 Å². The molecule has 52 valence electrons. The van der Waals surface area contributed by atoms with E-state index in [0.717, 1.165) is 0 Å². The molecule has 0 aromatic rings. The van der Waals surface area contributed by atoms with Gasteiger partial charge in [0.1, 0.15) is 0 Å². The Kier molecular flexibility index (Phi) is 13.3.